The van der Waals surface area contributed by atoms with Crippen LogP contribution in [-0.4, -0.2) is 58.3 Å². The molecule has 1 aliphatic heterocycles. The van der Waals surface area contributed by atoms with Crippen LogP contribution in [0.5, 0.6) is 5.75 Å². The van der Waals surface area contributed by atoms with E-state index in [1.165, 1.54) is 28.1 Å². The lowest BCUT2D eigenvalue weighted by molar-refractivity contribution is -0.131. The minimum atomic E-state index is -0.941. The summed E-state index contributed by atoms with van der Waals surface area (Å²) >= 11 is 5.92. The summed E-state index contributed by atoms with van der Waals surface area (Å²) in [5.41, 5.74) is 2.08. The Kier molecular flexibility index (Phi) is 8.26. The SMILES string of the molecule is C[C@H](c1ccccc1)[C@@H](c1ncc(-c2ccc(Cl)cc2F)[nH]1)N1C(=O)N[C@H](c2ccc(OCC(=O)N(C)C)cc2)C1=O. The zero-order valence-corrected chi connectivity index (χ0v) is 23.9. The fraction of sp³-hybridized carbons (Fsp3) is 0.226. The van der Waals surface area contributed by atoms with Crippen LogP contribution in [0, 0.1) is 5.82 Å². The molecule has 3 atom stereocenters. The highest BCUT2D eigenvalue weighted by Gasteiger charge is 2.46. The van der Waals surface area contributed by atoms with Gasteiger partial charge < -0.3 is 19.9 Å². The number of nitrogens with one attached hydrogen (secondary N) is 2. The van der Waals surface area contributed by atoms with E-state index in [4.69, 9.17) is 16.3 Å². The van der Waals surface area contributed by atoms with Gasteiger partial charge in [-0.1, -0.05) is 61.0 Å². The third kappa shape index (κ3) is 5.84. The molecule has 4 aromatic rings. The predicted molar refractivity (Wildman–Crippen MR) is 155 cm³/mol. The van der Waals surface area contributed by atoms with Crippen LogP contribution in [-0.2, 0) is 9.59 Å². The average molecular weight is 590 g/mol. The first-order valence-corrected chi connectivity index (χ1v) is 13.6. The Balaban J connectivity index is 1.45. The van der Waals surface area contributed by atoms with E-state index < -0.39 is 29.8 Å². The van der Waals surface area contributed by atoms with E-state index in [0.717, 1.165) is 5.56 Å². The van der Waals surface area contributed by atoms with Crippen molar-refractivity contribution in [1.29, 1.82) is 0 Å². The van der Waals surface area contributed by atoms with Crippen molar-refractivity contribution in [2.45, 2.75) is 24.9 Å². The lowest BCUT2D eigenvalue weighted by Gasteiger charge is -2.29. The third-order valence-corrected chi connectivity index (χ3v) is 7.45. The van der Waals surface area contributed by atoms with E-state index >= 15 is 0 Å². The second-order valence-electron chi connectivity index (χ2n) is 10.2. The number of imide groups is 1. The van der Waals surface area contributed by atoms with E-state index in [0.29, 0.717) is 22.8 Å². The van der Waals surface area contributed by atoms with Gasteiger partial charge in [0.15, 0.2) is 6.61 Å². The Morgan fingerprint density at radius 3 is 2.48 bits per heavy atom. The van der Waals surface area contributed by atoms with Crippen LogP contribution < -0.4 is 10.1 Å². The predicted octanol–water partition coefficient (Wildman–Crippen LogP) is 5.47. The molecule has 1 aliphatic rings. The molecule has 216 valence electrons. The molecule has 0 radical (unpaired) electrons. The Morgan fingerprint density at radius 1 is 1.10 bits per heavy atom. The summed E-state index contributed by atoms with van der Waals surface area (Å²) in [6, 6.07) is 18.1. The van der Waals surface area contributed by atoms with Crippen LogP contribution in [0.15, 0.2) is 79.0 Å². The number of halogens is 2. The van der Waals surface area contributed by atoms with Gasteiger partial charge in [0.1, 0.15) is 29.5 Å². The van der Waals surface area contributed by atoms with Crippen LogP contribution in [0.25, 0.3) is 11.3 Å². The molecule has 0 unspecified atom stereocenters. The normalized spacial score (nSPS) is 16.2. The highest BCUT2D eigenvalue weighted by molar-refractivity contribution is 6.30. The molecule has 0 bridgehead atoms. The van der Waals surface area contributed by atoms with Crippen LogP contribution in [0.3, 0.4) is 0 Å². The molecular weight excluding hydrogens is 561 g/mol. The van der Waals surface area contributed by atoms with Crippen molar-refractivity contribution in [3.8, 4) is 17.0 Å². The largest absolute Gasteiger partial charge is 0.484 e. The molecule has 0 spiro atoms. The van der Waals surface area contributed by atoms with Gasteiger partial charge in [-0.05, 0) is 41.5 Å². The summed E-state index contributed by atoms with van der Waals surface area (Å²) in [4.78, 5) is 49.3. The molecule has 5 rings (SSSR count). The van der Waals surface area contributed by atoms with Crippen LogP contribution in [0.1, 0.15) is 41.9 Å². The number of nitrogens with zero attached hydrogens (tertiary/aromatic N) is 3. The van der Waals surface area contributed by atoms with E-state index in [1.807, 2.05) is 37.3 Å². The highest BCUT2D eigenvalue weighted by Crippen LogP contribution is 2.39. The van der Waals surface area contributed by atoms with Gasteiger partial charge in [0.25, 0.3) is 11.8 Å². The van der Waals surface area contributed by atoms with Gasteiger partial charge in [-0.25, -0.2) is 14.2 Å². The number of imidazole rings is 1. The molecular formula is C31H29ClFN5O4. The topological polar surface area (TPSA) is 108 Å². The van der Waals surface area contributed by atoms with Gasteiger partial charge in [-0.15, -0.1) is 0 Å². The van der Waals surface area contributed by atoms with Gasteiger partial charge in [0.2, 0.25) is 0 Å². The minimum absolute atomic E-state index is 0.122. The Hall–Kier alpha value is -4.70. The van der Waals surface area contributed by atoms with E-state index in [1.54, 1.807) is 44.4 Å². The monoisotopic (exact) mass is 589 g/mol. The van der Waals surface area contributed by atoms with Crippen molar-refractivity contribution in [3.05, 3.63) is 107 Å². The molecule has 11 heteroatoms. The minimum Gasteiger partial charge on any atom is -0.484 e. The first-order chi connectivity index (χ1) is 20.1. The molecule has 1 saturated heterocycles. The molecule has 0 saturated carbocycles. The van der Waals surface area contributed by atoms with Crippen LogP contribution >= 0.6 is 11.6 Å². The zero-order valence-electron chi connectivity index (χ0n) is 23.2. The zero-order chi connectivity index (χ0) is 30.0. The molecule has 3 aromatic carbocycles. The van der Waals surface area contributed by atoms with Gasteiger partial charge in [0.05, 0.1) is 11.9 Å². The molecule has 2 N–H and O–H groups in total. The Bertz CT molecular complexity index is 1610. The van der Waals surface area contributed by atoms with Gasteiger partial charge in [-0.3, -0.25) is 14.5 Å². The number of rotatable bonds is 9. The van der Waals surface area contributed by atoms with Gasteiger partial charge >= 0.3 is 6.03 Å². The van der Waals surface area contributed by atoms with Crippen LogP contribution in [0.2, 0.25) is 5.02 Å². The smallest absolute Gasteiger partial charge is 0.325 e. The number of carbonyl (C=O) groups is 3. The quantitative estimate of drug-likeness (QED) is 0.252. The van der Waals surface area contributed by atoms with Gasteiger partial charge in [0, 0.05) is 30.6 Å². The average Bonchev–Trinajstić information content (AvgIpc) is 3.57. The number of hydrogen-bond donors (Lipinski definition) is 2. The van der Waals surface area contributed by atoms with E-state index in [9.17, 15) is 18.8 Å². The molecule has 0 aliphatic carbocycles. The number of likely N-dealkylation sites (N-methyl/N-ethyl adjacent to an activating group) is 1. The number of benzene rings is 3. The lowest BCUT2D eigenvalue weighted by Crippen LogP contribution is -2.38. The number of H-pyrrole nitrogens is 1. The Labute approximate surface area is 247 Å². The summed E-state index contributed by atoms with van der Waals surface area (Å²) in [7, 11) is 3.28. The highest BCUT2D eigenvalue weighted by atomic mass is 35.5. The van der Waals surface area contributed by atoms with Crippen LogP contribution in [0.4, 0.5) is 9.18 Å². The Morgan fingerprint density at radius 2 is 1.81 bits per heavy atom. The van der Waals surface area contributed by atoms with Crippen molar-refractivity contribution >= 4 is 29.4 Å². The second kappa shape index (κ2) is 12.0. The molecule has 2 heterocycles. The summed E-state index contributed by atoms with van der Waals surface area (Å²) < 4.78 is 20.2. The lowest BCUT2D eigenvalue weighted by atomic mass is 9.91. The van der Waals surface area contributed by atoms with Gasteiger partial charge in [-0.2, -0.15) is 0 Å². The fourth-order valence-electron chi connectivity index (χ4n) is 4.87. The fourth-order valence-corrected chi connectivity index (χ4v) is 5.03. The third-order valence-electron chi connectivity index (χ3n) is 7.22. The van der Waals surface area contributed by atoms with Crippen molar-refractivity contribution in [3.63, 3.8) is 0 Å². The number of aromatic amines is 1. The summed E-state index contributed by atoms with van der Waals surface area (Å²) in [5.74, 6) is -0.756. The molecule has 4 amide bonds. The molecule has 42 heavy (non-hydrogen) atoms. The van der Waals surface area contributed by atoms with E-state index in [2.05, 4.69) is 15.3 Å². The first kappa shape index (κ1) is 28.8. The van der Waals surface area contributed by atoms with Crippen molar-refractivity contribution < 1.29 is 23.5 Å². The molecule has 1 aromatic heterocycles. The number of urea groups is 1. The van der Waals surface area contributed by atoms with Crippen molar-refractivity contribution in [2.75, 3.05) is 20.7 Å². The van der Waals surface area contributed by atoms with Crippen molar-refractivity contribution in [1.82, 2.24) is 25.1 Å². The maximum Gasteiger partial charge on any atom is 0.325 e. The molecule has 9 nitrogen and oxygen atoms in total. The number of aromatic nitrogens is 2. The summed E-state index contributed by atoms with van der Waals surface area (Å²) in [6.07, 6.45) is 1.47. The standard InChI is InChI=1S/C31H29ClFN5O4/c1-18(19-7-5-4-6-8-19)28(29-34-16-25(35-29)23-14-11-21(32)15-24(23)33)38-30(40)27(36-31(38)41)20-9-12-22(13-10-20)42-17-26(39)37(2)3/h4-16,18,27-28H,17H2,1-3H3,(H,34,35)(H,36,41)/t18-,27-,28+/m1/s1. The number of hydrogen-bond acceptors (Lipinski definition) is 5. The second-order valence-corrected chi connectivity index (χ2v) is 10.6. The van der Waals surface area contributed by atoms with E-state index in [-0.39, 0.29) is 29.0 Å². The van der Waals surface area contributed by atoms with Crippen molar-refractivity contribution in [2.24, 2.45) is 0 Å². The number of carbonyl (C=O) groups excluding carboxylic acids is 3. The number of ether oxygens (including phenoxy) is 1. The number of amides is 4. The summed E-state index contributed by atoms with van der Waals surface area (Å²) in [6.45, 7) is 1.78. The maximum absolute atomic E-state index is 14.7. The first-order valence-electron chi connectivity index (χ1n) is 13.3. The molecule has 1 fully saturated rings. The maximum atomic E-state index is 14.7. The summed E-state index contributed by atoms with van der Waals surface area (Å²) in [5, 5.41) is 3.05.